The summed E-state index contributed by atoms with van der Waals surface area (Å²) >= 11 is 5.99. The molecule has 100 valence electrons. The molecule has 1 aromatic heterocycles. The second-order valence-electron chi connectivity index (χ2n) is 4.59. The van der Waals surface area contributed by atoms with E-state index >= 15 is 0 Å². The molecule has 0 saturated carbocycles. The standard InChI is InChI=1S/C14H17ClN4/c1-9-13(16)17-10(2)18-14(9)19(3)8-11-5-4-6-12(15)7-11/h4-7H,8H2,1-3H3,(H2,16,17,18). The number of hydrogen-bond acceptors (Lipinski definition) is 4. The van der Waals surface area contributed by atoms with Gasteiger partial charge in [0.1, 0.15) is 17.5 Å². The summed E-state index contributed by atoms with van der Waals surface area (Å²) in [5.41, 5.74) is 7.91. The summed E-state index contributed by atoms with van der Waals surface area (Å²) in [7, 11) is 1.98. The largest absolute Gasteiger partial charge is 0.383 e. The maximum Gasteiger partial charge on any atom is 0.137 e. The lowest BCUT2D eigenvalue weighted by Crippen LogP contribution is -2.20. The number of benzene rings is 1. The van der Waals surface area contributed by atoms with E-state index in [0.29, 0.717) is 11.6 Å². The van der Waals surface area contributed by atoms with Gasteiger partial charge < -0.3 is 10.6 Å². The van der Waals surface area contributed by atoms with Crippen LogP contribution in [0.5, 0.6) is 0 Å². The quantitative estimate of drug-likeness (QED) is 0.936. The van der Waals surface area contributed by atoms with Crippen molar-refractivity contribution in [2.24, 2.45) is 0 Å². The van der Waals surface area contributed by atoms with Crippen LogP contribution in [0, 0.1) is 13.8 Å². The number of aryl methyl sites for hydroxylation is 1. The van der Waals surface area contributed by atoms with E-state index in [2.05, 4.69) is 9.97 Å². The Kier molecular flexibility index (Phi) is 3.90. The summed E-state index contributed by atoms with van der Waals surface area (Å²) in [5, 5.41) is 0.737. The number of nitrogen functional groups attached to an aromatic ring is 1. The lowest BCUT2D eigenvalue weighted by molar-refractivity contribution is 0.872. The molecule has 0 aliphatic heterocycles. The Morgan fingerprint density at radius 3 is 2.68 bits per heavy atom. The Balaban J connectivity index is 2.27. The summed E-state index contributed by atoms with van der Waals surface area (Å²) in [6, 6.07) is 7.79. The van der Waals surface area contributed by atoms with Crippen LogP contribution in [0.25, 0.3) is 0 Å². The molecule has 0 radical (unpaired) electrons. The van der Waals surface area contributed by atoms with Gasteiger partial charge in [0.05, 0.1) is 0 Å². The molecule has 1 aromatic carbocycles. The van der Waals surface area contributed by atoms with Crippen LogP contribution in [0.15, 0.2) is 24.3 Å². The minimum absolute atomic E-state index is 0.528. The molecule has 0 bridgehead atoms. The smallest absolute Gasteiger partial charge is 0.137 e. The van der Waals surface area contributed by atoms with Crippen molar-refractivity contribution in [1.29, 1.82) is 0 Å². The van der Waals surface area contributed by atoms with Crippen LogP contribution >= 0.6 is 11.6 Å². The Labute approximate surface area is 118 Å². The fourth-order valence-electron chi connectivity index (χ4n) is 1.99. The average molecular weight is 277 g/mol. The SMILES string of the molecule is Cc1nc(N)c(C)c(N(C)Cc2cccc(Cl)c2)n1. The minimum Gasteiger partial charge on any atom is -0.383 e. The zero-order chi connectivity index (χ0) is 14.0. The average Bonchev–Trinajstić information content (AvgIpc) is 2.33. The van der Waals surface area contributed by atoms with E-state index < -0.39 is 0 Å². The monoisotopic (exact) mass is 276 g/mol. The summed E-state index contributed by atoms with van der Waals surface area (Å²) in [5.74, 6) is 2.06. The van der Waals surface area contributed by atoms with Crippen LogP contribution in [-0.4, -0.2) is 17.0 Å². The van der Waals surface area contributed by atoms with Crippen molar-refractivity contribution in [3.8, 4) is 0 Å². The molecule has 2 N–H and O–H groups in total. The molecule has 0 spiro atoms. The molecule has 2 rings (SSSR count). The summed E-state index contributed by atoms with van der Waals surface area (Å²) in [6.07, 6.45) is 0. The van der Waals surface area contributed by atoms with Crippen molar-refractivity contribution in [3.05, 3.63) is 46.2 Å². The third-order valence-electron chi connectivity index (χ3n) is 2.94. The number of aromatic nitrogens is 2. The van der Waals surface area contributed by atoms with Crippen LogP contribution in [-0.2, 0) is 6.54 Å². The van der Waals surface area contributed by atoms with Gasteiger partial charge in [-0.3, -0.25) is 0 Å². The van der Waals surface area contributed by atoms with Crippen molar-refractivity contribution in [2.75, 3.05) is 17.7 Å². The highest BCUT2D eigenvalue weighted by Crippen LogP contribution is 2.22. The lowest BCUT2D eigenvalue weighted by atomic mass is 10.2. The van der Waals surface area contributed by atoms with Crippen LogP contribution in [0.4, 0.5) is 11.6 Å². The third kappa shape index (κ3) is 3.15. The van der Waals surface area contributed by atoms with E-state index in [1.807, 2.05) is 50.1 Å². The second-order valence-corrected chi connectivity index (χ2v) is 5.03. The first-order chi connectivity index (χ1) is 8.97. The zero-order valence-corrected chi connectivity index (χ0v) is 12.1. The molecular formula is C14H17ClN4. The highest BCUT2D eigenvalue weighted by molar-refractivity contribution is 6.30. The van der Waals surface area contributed by atoms with Crippen molar-refractivity contribution >= 4 is 23.2 Å². The predicted octanol–water partition coefficient (Wildman–Crippen LogP) is 2.97. The number of halogens is 1. The second kappa shape index (κ2) is 5.45. The van der Waals surface area contributed by atoms with Crippen molar-refractivity contribution < 1.29 is 0 Å². The topological polar surface area (TPSA) is 55.0 Å². The predicted molar refractivity (Wildman–Crippen MR) is 79.5 cm³/mol. The first kappa shape index (κ1) is 13.6. The van der Waals surface area contributed by atoms with E-state index in [1.165, 1.54) is 0 Å². The van der Waals surface area contributed by atoms with E-state index in [1.54, 1.807) is 0 Å². The molecule has 2 aromatic rings. The fraction of sp³-hybridized carbons (Fsp3) is 0.286. The minimum atomic E-state index is 0.528. The molecule has 0 aliphatic carbocycles. The molecule has 0 fully saturated rings. The molecule has 0 aliphatic rings. The van der Waals surface area contributed by atoms with Gasteiger partial charge in [0.15, 0.2) is 0 Å². The van der Waals surface area contributed by atoms with Gasteiger partial charge in [-0.05, 0) is 31.5 Å². The normalized spacial score (nSPS) is 10.5. The molecule has 5 heteroatoms. The highest BCUT2D eigenvalue weighted by atomic mass is 35.5. The van der Waals surface area contributed by atoms with E-state index in [9.17, 15) is 0 Å². The number of hydrogen-bond donors (Lipinski definition) is 1. The first-order valence-corrected chi connectivity index (χ1v) is 6.41. The Morgan fingerprint density at radius 1 is 1.26 bits per heavy atom. The molecule has 0 saturated heterocycles. The lowest BCUT2D eigenvalue weighted by Gasteiger charge is -2.21. The maximum atomic E-state index is 5.99. The van der Waals surface area contributed by atoms with E-state index in [-0.39, 0.29) is 0 Å². The molecule has 0 unspecified atom stereocenters. The summed E-state index contributed by atoms with van der Waals surface area (Å²) in [4.78, 5) is 10.7. The van der Waals surface area contributed by atoms with Gasteiger partial charge in [0, 0.05) is 24.2 Å². The van der Waals surface area contributed by atoms with Crippen LogP contribution < -0.4 is 10.6 Å². The van der Waals surface area contributed by atoms with E-state index in [4.69, 9.17) is 17.3 Å². The first-order valence-electron chi connectivity index (χ1n) is 6.03. The molecule has 0 atom stereocenters. The molecular weight excluding hydrogens is 260 g/mol. The van der Waals surface area contributed by atoms with Crippen LogP contribution in [0.2, 0.25) is 5.02 Å². The van der Waals surface area contributed by atoms with Crippen molar-refractivity contribution in [3.63, 3.8) is 0 Å². The van der Waals surface area contributed by atoms with Gasteiger partial charge in [-0.25, -0.2) is 9.97 Å². The molecule has 0 amide bonds. The van der Waals surface area contributed by atoms with Crippen LogP contribution in [0.1, 0.15) is 17.0 Å². The Bertz CT molecular complexity index is 598. The fourth-order valence-corrected chi connectivity index (χ4v) is 2.20. The zero-order valence-electron chi connectivity index (χ0n) is 11.3. The van der Waals surface area contributed by atoms with Gasteiger partial charge in [0.25, 0.3) is 0 Å². The summed E-state index contributed by atoms with van der Waals surface area (Å²) in [6.45, 7) is 4.49. The van der Waals surface area contributed by atoms with Gasteiger partial charge in [-0.15, -0.1) is 0 Å². The number of nitrogens with two attached hydrogens (primary N) is 1. The third-order valence-corrected chi connectivity index (χ3v) is 3.18. The number of nitrogens with zero attached hydrogens (tertiary/aromatic N) is 3. The van der Waals surface area contributed by atoms with Gasteiger partial charge >= 0.3 is 0 Å². The highest BCUT2D eigenvalue weighted by Gasteiger charge is 2.11. The van der Waals surface area contributed by atoms with Crippen molar-refractivity contribution in [1.82, 2.24) is 9.97 Å². The molecule has 19 heavy (non-hydrogen) atoms. The van der Waals surface area contributed by atoms with Gasteiger partial charge in [-0.2, -0.15) is 0 Å². The molecule has 1 heterocycles. The maximum absolute atomic E-state index is 5.99. The van der Waals surface area contributed by atoms with Crippen molar-refractivity contribution in [2.45, 2.75) is 20.4 Å². The van der Waals surface area contributed by atoms with E-state index in [0.717, 1.165) is 28.5 Å². The van der Waals surface area contributed by atoms with Gasteiger partial charge in [0.2, 0.25) is 0 Å². The van der Waals surface area contributed by atoms with Gasteiger partial charge in [-0.1, -0.05) is 23.7 Å². The summed E-state index contributed by atoms with van der Waals surface area (Å²) < 4.78 is 0. The number of anilines is 2. The number of rotatable bonds is 3. The van der Waals surface area contributed by atoms with Crippen LogP contribution in [0.3, 0.4) is 0 Å². The molecule has 4 nitrogen and oxygen atoms in total. The Morgan fingerprint density at radius 2 is 2.00 bits per heavy atom. The Hall–Kier alpha value is -1.81.